The summed E-state index contributed by atoms with van der Waals surface area (Å²) in [7, 11) is 0. The maximum absolute atomic E-state index is 9.73. The normalized spacial score (nSPS) is 31.4. The van der Waals surface area contributed by atoms with E-state index in [1.807, 2.05) is 17.8 Å². The van der Waals surface area contributed by atoms with Crippen molar-refractivity contribution in [2.75, 3.05) is 0 Å². The molecule has 1 aromatic rings. The zero-order chi connectivity index (χ0) is 12.4. The molecule has 0 spiro atoms. The van der Waals surface area contributed by atoms with Gasteiger partial charge < -0.3 is 5.11 Å². The van der Waals surface area contributed by atoms with Crippen molar-refractivity contribution < 1.29 is 5.11 Å². The number of hydrogen-bond acceptors (Lipinski definition) is 3. The van der Waals surface area contributed by atoms with Crippen molar-refractivity contribution in [2.24, 2.45) is 11.8 Å². The number of aliphatic hydroxyl groups is 1. The molecule has 4 heteroatoms. The molecule has 3 atom stereocenters. The number of aliphatic hydroxyl groups excluding tert-OH is 1. The largest absolute Gasteiger partial charge is 0.387 e. The van der Waals surface area contributed by atoms with Gasteiger partial charge in [-0.2, -0.15) is 0 Å². The van der Waals surface area contributed by atoms with Gasteiger partial charge in [-0.1, -0.05) is 26.0 Å². The van der Waals surface area contributed by atoms with Crippen LogP contribution in [0.15, 0.2) is 6.20 Å². The van der Waals surface area contributed by atoms with E-state index in [0.29, 0.717) is 18.2 Å². The fraction of sp³-hybridized carbons (Fsp3) is 0.846. The van der Waals surface area contributed by atoms with Crippen LogP contribution in [0.2, 0.25) is 0 Å². The lowest BCUT2D eigenvalue weighted by atomic mass is 9.80. The summed E-state index contributed by atoms with van der Waals surface area (Å²) in [5.74, 6) is 1.51. The maximum atomic E-state index is 9.73. The van der Waals surface area contributed by atoms with Crippen LogP contribution in [0.4, 0.5) is 0 Å². The van der Waals surface area contributed by atoms with Crippen LogP contribution in [0.5, 0.6) is 0 Å². The zero-order valence-electron chi connectivity index (χ0n) is 11.0. The Hall–Kier alpha value is -0.900. The highest BCUT2D eigenvalue weighted by atomic mass is 16.3. The second-order valence-corrected chi connectivity index (χ2v) is 5.62. The lowest BCUT2D eigenvalue weighted by Gasteiger charge is -2.31. The fourth-order valence-electron chi connectivity index (χ4n) is 2.95. The molecule has 96 valence electrons. The highest BCUT2D eigenvalue weighted by Gasteiger charge is 2.26. The minimum Gasteiger partial charge on any atom is -0.387 e. The summed E-state index contributed by atoms with van der Waals surface area (Å²) in [5, 5.41) is 18.0. The fourth-order valence-corrected chi connectivity index (χ4v) is 2.95. The molecule has 3 unspecified atom stereocenters. The minimum atomic E-state index is -0.470. The smallest absolute Gasteiger partial charge is 0.111 e. The van der Waals surface area contributed by atoms with Crippen LogP contribution >= 0.6 is 0 Å². The van der Waals surface area contributed by atoms with E-state index in [1.165, 1.54) is 19.3 Å². The molecule has 0 aromatic carbocycles. The molecular weight excluding hydrogens is 214 g/mol. The highest BCUT2D eigenvalue weighted by molar-refractivity contribution is 4.98. The van der Waals surface area contributed by atoms with Crippen molar-refractivity contribution in [3.63, 3.8) is 0 Å². The predicted octanol–water partition coefficient (Wildman–Crippen LogP) is 2.72. The van der Waals surface area contributed by atoms with Gasteiger partial charge in [-0.3, -0.25) is 0 Å². The van der Waals surface area contributed by atoms with E-state index < -0.39 is 6.10 Å². The number of nitrogens with zero attached hydrogens (tertiary/aromatic N) is 3. The van der Waals surface area contributed by atoms with Crippen molar-refractivity contribution in [2.45, 2.75) is 58.6 Å². The summed E-state index contributed by atoms with van der Waals surface area (Å²) >= 11 is 0. The molecule has 0 saturated heterocycles. The minimum absolute atomic E-state index is 0.457. The molecule has 0 aliphatic heterocycles. The molecule has 0 bridgehead atoms. The Morgan fingerprint density at radius 3 is 2.59 bits per heavy atom. The van der Waals surface area contributed by atoms with Crippen LogP contribution in [0.1, 0.15) is 64.3 Å². The Kier molecular flexibility index (Phi) is 3.82. The van der Waals surface area contributed by atoms with Crippen LogP contribution in [0.3, 0.4) is 0 Å². The molecule has 0 amide bonds. The summed E-state index contributed by atoms with van der Waals surface area (Å²) in [6, 6.07) is 0.457. The summed E-state index contributed by atoms with van der Waals surface area (Å²) in [6.45, 7) is 6.57. The molecule has 0 radical (unpaired) electrons. The van der Waals surface area contributed by atoms with Gasteiger partial charge in [-0.05, 0) is 37.5 Å². The van der Waals surface area contributed by atoms with E-state index in [1.54, 1.807) is 0 Å². The van der Waals surface area contributed by atoms with Crippen molar-refractivity contribution in [3.8, 4) is 0 Å². The molecule has 1 aromatic heterocycles. The lowest BCUT2D eigenvalue weighted by molar-refractivity contribution is 0.168. The molecule has 2 rings (SSSR count). The van der Waals surface area contributed by atoms with Crippen LogP contribution in [0.25, 0.3) is 0 Å². The van der Waals surface area contributed by atoms with Crippen LogP contribution in [0, 0.1) is 11.8 Å². The zero-order valence-corrected chi connectivity index (χ0v) is 11.0. The van der Waals surface area contributed by atoms with Gasteiger partial charge in [0.1, 0.15) is 5.69 Å². The summed E-state index contributed by atoms with van der Waals surface area (Å²) in [4.78, 5) is 0. The first kappa shape index (κ1) is 12.6. The third-order valence-corrected chi connectivity index (χ3v) is 3.78. The van der Waals surface area contributed by atoms with E-state index in [0.717, 1.165) is 11.8 Å². The first-order valence-electron chi connectivity index (χ1n) is 6.70. The second kappa shape index (κ2) is 5.17. The van der Waals surface area contributed by atoms with Gasteiger partial charge in [-0.25, -0.2) is 4.68 Å². The Labute approximate surface area is 103 Å². The summed E-state index contributed by atoms with van der Waals surface area (Å²) in [6.07, 6.45) is 5.81. The van der Waals surface area contributed by atoms with E-state index in [-0.39, 0.29) is 0 Å². The Morgan fingerprint density at radius 2 is 2.00 bits per heavy atom. The molecule has 1 fully saturated rings. The maximum Gasteiger partial charge on any atom is 0.111 e. The lowest BCUT2D eigenvalue weighted by Crippen LogP contribution is -2.23. The van der Waals surface area contributed by atoms with Crippen LogP contribution in [-0.2, 0) is 0 Å². The molecule has 1 saturated carbocycles. The van der Waals surface area contributed by atoms with Gasteiger partial charge in [0, 0.05) is 0 Å². The standard InChI is InChI=1S/C13H23N3O/c1-4-13(17)12-8-16(15-14-12)11-6-9(2)5-10(3)7-11/h8-11,13,17H,4-7H2,1-3H3. The van der Waals surface area contributed by atoms with Crippen molar-refractivity contribution in [1.82, 2.24) is 15.0 Å². The average molecular weight is 237 g/mol. The Bertz CT molecular complexity index is 353. The van der Waals surface area contributed by atoms with Crippen molar-refractivity contribution in [1.29, 1.82) is 0 Å². The molecule has 1 aliphatic carbocycles. The topological polar surface area (TPSA) is 50.9 Å². The van der Waals surface area contributed by atoms with Gasteiger partial charge in [0.15, 0.2) is 0 Å². The molecule has 4 nitrogen and oxygen atoms in total. The van der Waals surface area contributed by atoms with Crippen LogP contribution in [-0.4, -0.2) is 20.1 Å². The SMILES string of the molecule is CCC(O)c1cn(C2CC(C)CC(C)C2)nn1. The van der Waals surface area contributed by atoms with Gasteiger partial charge >= 0.3 is 0 Å². The van der Waals surface area contributed by atoms with Crippen molar-refractivity contribution in [3.05, 3.63) is 11.9 Å². The Morgan fingerprint density at radius 1 is 1.35 bits per heavy atom. The molecule has 1 heterocycles. The third-order valence-electron chi connectivity index (χ3n) is 3.78. The molecule has 17 heavy (non-hydrogen) atoms. The van der Waals surface area contributed by atoms with E-state index in [2.05, 4.69) is 24.2 Å². The molecular formula is C13H23N3O. The first-order valence-corrected chi connectivity index (χ1v) is 6.70. The van der Waals surface area contributed by atoms with E-state index in [4.69, 9.17) is 0 Å². The third kappa shape index (κ3) is 2.86. The summed E-state index contributed by atoms with van der Waals surface area (Å²) < 4.78 is 1.96. The average Bonchev–Trinajstić information content (AvgIpc) is 2.76. The van der Waals surface area contributed by atoms with Gasteiger partial charge in [0.05, 0.1) is 18.3 Å². The van der Waals surface area contributed by atoms with Gasteiger partial charge in [-0.15, -0.1) is 5.10 Å². The predicted molar refractivity (Wildman–Crippen MR) is 66.5 cm³/mol. The van der Waals surface area contributed by atoms with Crippen molar-refractivity contribution >= 4 is 0 Å². The monoisotopic (exact) mass is 237 g/mol. The van der Waals surface area contributed by atoms with Gasteiger partial charge in [0.25, 0.3) is 0 Å². The second-order valence-electron chi connectivity index (χ2n) is 5.62. The number of rotatable bonds is 3. The summed E-state index contributed by atoms with van der Waals surface area (Å²) in [5.41, 5.74) is 0.707. The Balaban J connectivity index is 2.09. The van der Waals surface area contributed by atoms with E-state index in [9.17, 15) is 5.11 Å². The first-order chi connectivity index (χ1) is 8.10. The van der Waals surface area contributed by atoms with E-state index >= 15 is 0 Å². The van der Waals surface area contributed by atoms with Gasteiger partial charge in [0.2, 0.25) is 0 Å². The quantitative estimate of drug-likeness (QED) is 0.879. The molecule has 1 aliphatic rings. The number of aromatic nitrogens is 3. The van der Waals surface area contributed by atoms with Crippen LogP contribution < -0.4 is 0 Å². The molecule has 1 N–H and O–H groups in total. The highest BCUT2D eigenvalue weighted by Crippen LogP contribution is 2.35. The number of hydrogen-bond donors (Lipinski definition) is 1.